The van der Waals surface area contributed by atoms with Crippen LogP contribution in [0.2, 0.25) is 0 Å². The van der Waals surface area contributed by atoms with E-state index < -0.39 is 5.41 Å². The van der Waals surface area contributed by atoms with Gasteiger partial charge < -0.3 is 0 Å². The third kappa shape index (κ3) is 2.08. The lowest BCUT2D eigenvalue weighted by Crippen LogP contribution is -2.16. The van der Waals surface area contributed by atoms with Crippen LogP contribution in [0.4, 0.5) is 0 Å². The minimum atomic E-state index is -0.535. The molecule has 0 fully saturated rings. The molecule has 0 aromatic carbocycles. The third-order valence-corrected chi connectivity index (χ3v) is 2.20. The Bertz CT molecular complexity index is 361. The highest BCUT2D eigenvalue weighted by atomic mass is 14.8. The topological polar surface area (TPSA) is 49.6 Å². The Morgan fingerprint density at radius 3 is 2.50 bits per heavy atom. The third-order valence-electron chi connectivity index (χ3n) is 2.20. The largest absolute Gasteiger partial charge is 0.241 e. The molecule has 0 spiro atoms. The summed E-state index contributed by atoms with van der Waals surface area (Å²) in [6.45, 7) is 7.87. The SMILES string of the molecule is CC(C)c1cc(C(C)(C)C#N)ncn1. The Labute approximate surface area is 84.8 Å². The summed E-state index contributed by atoms with van der Waals surface area (Å²) in [6, 6.07) is 4.14. The highest BCUT2D eigenvalue weighted by Gasteiger charge is 2.22. The molecule has 0 N–H and O–H groups in total. The van der Waals surface area contributed by atoms with Crippen molar-refractivity contribution in [2.24, 2.45) is 0 Å². The first-order valence-corrected chi connectivity index (χ1v) is 4.71. The molecule has 74 valence electrons. The minimum absolute atomic E-state index is 0.367. The van der Waals surface area contributed by atoms with E-state index in [0.29, 0.717) is 5.92 Å². The summed E-state index contributed by atoms with van der Waals surface area (Å²) in [5.74, 6) is 0.367. The van der Waals surface area contributed by atoms with E-state index in [1.54, 1.807) is 0 Å². The summed E-state index contributed by atoms with van der Waals surface area (Å²) in [6.07, 6.45) is 1.53. The van der Waals surface area contributed by atoms with Gasteiger partial charge in [-0.05, 0) is 25.8 Å². The van der Waals surface area contributed by atoms with E-state index >= 15 is 0 Å². The van der Waals surface area contributed by atoms with Gasteiger partial charge in [0.15, 0.2) is 0 Å². The number of aromatic nitrogens is 2. The standard InChI is InChI=1S/C11H15N3/c1-8(2)9-5-10(14-7-13-9)11(3,4)6-12/h5,7-8H,1-4H3. The molecule has 1 aromatic heterocycles. The predicted molar refractivity (Wildman–Crippen MR) is 54.8 cm³/mol. The van der Waals surface area contributed by atoms with Crippen LogP contribution in [-0.2, 0) is 5.41 Å². The molecule has 14 heavy (non-hydrogen) atoms. The zero-order chi connectivity index (χ0) is 10.8. The molecule has 0 aliphatic rings. The monoisotopic (exact) mass is 189 g/mol. The van der Waals surface area contributed by atoms with Gasteiger partial charge in [-0.15, -0.1) is 0 Å². The van der Waals surface area contributed by atoms with Crippen molar-refractivity contribution in [1.29, 1.82) is 5.26 Å². The Balaban J connectivity index is 3.14. The lowest BCUT2D eigenvalue weighted by molar-refractivity contribution is 0.648. The fourth-order valence-corrected chi connectivity index (χ4v) is 1.09. The predicted octanol–water partition coefficient (Wildman–Crippen LogP) is 2.40. The fraction of sp³-hybridized carbons (Fsp3) is 0.545. The van der Waals surface area contributed by atoms with Crippen molar-refractivity contribution in [3.63, 3.8) is 0 Å². The maximum absolute atomic E-state index is 8.97. The summed E-state index contributed by atoms with van der Waals surface area (Å²) in [4.78, 5) is 8.30. The summed E-state index contributed by atoms with van der Waals surface area (Å²) < 4.78 is 0. The Hall–Kier alpha value is -1.43. The van der Waals surface area contributed by atoms with Crippen molar-refractivity contribution in [2.45, 2.75) is 39.0 Å². The van der Waals surface area contributed by atoms with Crippen LogP contribution < -0.4 is 0 Å². The number of nitrogens with zero attached hydrogens (tertiary/aromatic N) is 3. The summed E-state index contributed by atoms with van der Waals surface area (Å²) >= 11 is 0. The normalized spacial score (nSPS) is 11.4. The van der Waals surface area contributed by atoms with Gasteiger partial charge in [0.2, 0.25) is 0 Å². The Morgan fingerprint density at radius 1 is 1.36 bits per heavy atom. The van der Waals surface area contributed by atoms with Crippen LogP contribution in [0.1, 0.15) is 45.0 Å². The molecule has 0 saturated carbocycles. The van der Waals surface area contributed by atoms with E-state index in [1.807, 2.05) is 19.9 Å². The van der Waals surface area contributed by atoms with Crippen molar-refractivity contribution in [3.8, 4) is 6.07 Å². The lowest BCUT2D eigenvalue weighted by Gasteiger charge is -2.15. The van der Waals surface area contributed by atoms with E-state index in [4.69, 9.17) is 5.26 Å². The first kappa shape index (κ1) is 10.6. The molecular formula is C11H15N3. The van der Waals surface area contributed by atoms with Gasteiger partial charge in [0.25, 0.3) is 0 Å². The molecule has 1 rings (SSSR count). The summed E-state index contributed by atoms with van der Waals surface area (Å²) in [5.41, 5.74) is 1.24. The van der Waals surface area contributed by atoms with E-state index in [-0.39, 0.29) is 0 Å². The van der Waals surface area contributed by atoms with Crippen LogP contribution in [0.5, 0.6) is 0 Å². The zero-order valence-electron chi connectivity index (χ0n) is 9.07. The minimum Gasteiger partial charge on any atom is -0.241 e. The molecule has 1 heterocycles. The maximum atomic E-state index is 8.97. The van der Waals surface area contributed by atoms with Gasteiger partial charge in [0, 0.05) is 5.69 Å². The number of nitriles is 1. The molecule has 0 radical (unpaired) electrons. The highest BCUT2D eigenvalue weighted by molar-refractivity contribution is 5.25. The average Bonchev–Trinajstić information content (AvgIpc) is 2.18. The van der Waals surface area contributed by atoms with Gasteiger partial charge in [-0.2, -0.15) is 5.26 Å². The number of hydrogen-bond acceptors (Lipinski definition) is 3. The quantitative estimate of drug-likeness (QED) is 0.717. The molecule has 3 nitrogen and oxygen atoms in total. The second kappa shape index (κ2) is 3.75. The van der Waals surface area contributed by atoms with Crippen molar-refractivity contribution in [1.82, 2.24) is 9.97 Å². The van der Waals surface area contributed by atoms with Gasteiger partial charge in [-0.3, -0.25) is 0 Å². The highest BCUT2D eigenvalue weighted by Crippen LogP contribution is 2.21. The molecule has 0 bridgehead atoms. The van der Waals surface area contributed by atoms with Crippen molar-refractivity contribution < 1.29 is 0 Å². The molecule has 0 aliphatic heterocycles. The van der Waals surface area contributed by atoms with Crippen LogP contribution in [0, 0.1) is 11.3 Å². The molecule has 3 heteroatoms. The number of hydrogen-bond donors (Lipinski definition) is 0. The molecular weight excluding hydrogens is 174 g/mol. The molecule has 0 aliphatic carbocycles. The molecule has 0 saturated heterocycles. The maximum Gasteiger partial charge on any atom is 0.116 e. The van der Waals surface area contributed by atoms with Crippen molar-refractivity contribution in [2.75, 3.05) is 0 Å². The van der Waals surface area contributed by atoms with E-state index in [1.165, 1.54) is 6.33 Å². The molecule has 0 unspecified atom stereocenters. The first-order chi connectivity index (χ1) is 6.47. The van der Waals surface area contributed by atoms with Gasteiger partial charge in [0.1, 0.15) is 6.33 Å². The number of rotatable bonds is 2. The Kier molecular flexibility index (Phi) is 2.85. The van der Waals surface area contributed by atoms with Crippen LogP contribution in [-0.4, -0.2) is 9.97 Å². The molecule has 1 aromatic rings. The second-order valence-electron chi connectivity index (χ2n) is 4.22. The van der Waals surface area contributed by atoms with Gasteiger partial charge >= 0.3 is 0 Å². The van der Waals surface area contributed by atoms with E-state index in [2.05, 4.69) is 29.9 Å². The summed E-state index contributed by atoms with van der Waals surface area (Å²) in [7, 11) is 0. The second-order valence-corrected chi connectivity index (χ2v) is 4.22. The van der Waals surface area contributed by atoms with Crippen LogP contribution in [0.3, 0.4) is 0 Å². The van der Waals surface area contributed by atoms with E-state index in [0.717, 1.165) is 11.4 Å². The van der Waals surface area contributed by atoms with Crippen LogP contribution in [0.25, 0.3) is 0 Å². The zero-order valence-corrected chi connectivity index (χ0v) is 9.07. The van der Waals surface area contributed by atoms with Crippen LogP contribution >= 0.6 is 0 Å². The lowest BCUT2D eigenvalue weighted by atomic mass is 9.90. The van der Waals surface area contributed by atoms with E-state index in [9.17, 15) is 0 Å². The smallest absolute Gasteiger partial charge is 0.116 e. The first-order valence-electron chi connectivity index (χ1n) is 4.71. The van der Waals surface area contributed by atoms with Crippen molar-refractivity contribution >= 4 is 0 Å². The molecule has 0 amide bonds. The summed E-state index contributed by atoms with van der Waals surface area (Å²) in [5, 5.41) is 8.97. The van der Waals surface area contributed by atoms with Gasteiger partial charge in [-0.25, -0.2) is 9.97 Å². The van der Waals surface area contributed by atoms with Gasteiger partial charge in [-0.1, -0.05) is 13.8 Å². The van der Waals surface area contributed by atoms with Crippen LogP contribution in [0.15, 0.2) is 12.4 Å². The Morgan fingerprint density at radius 2 is 2.00 bits per heavy atom. The fourth-order valence-electron chi connectivity index (χ4n) is 1.09. The average molecular weight is 189 g/mol. The van der Waals surface area contributed by atoms with Gasteiger partial charge in [0.05, 0.1) is 17.2 Å². The van der Waals surface area contributed by atoms with Crippen molar-refractivity contribution in [3.05, 3.63) is 23.8 Å². The molecule has 0 atom stereocenters.